The fraction of sp³-hybridized carbons (Fsp3) is 0.174. The van der Waals surface area contributed by atoms with E-state index in [1.807, 2.05) is 52.0 Å². The van der Waals surface area contributed by atoms with Gasteiger partial charge in [-0.25, -0.2) is 8.42 Å². The number of hydrogen-bond acceptors (Lipinski definition) is 6. The second-order valence-electron chi connectivity index (χ2n) is 13.6. The standard InChI is InChI=1S/C46H40Cl2O6S/c1-5-45(3,48)35-15-7-31(8-16-35)44(50)34-13-21-38(22-14-34)53-39-23-27-41(28-24-39)55(51,52)42-29-25-40(26-30-42)54-46(4,6-2)36-17-9-32(10-18-36)43(49)33-11-19-37(47)20-12-33/h7-30H,5-6H2,1-4H3. The Morgan fingerprint density at radius 2 is 0.891 bits per heavy atom. The van der Waals surface area contributed by atoms with Crippen LogP contribution in [0, 0.1) is 0 Å². The third kappa shape index (κ3) is 8.86. The molecule has 0 aliphatic heterocycles. The Hall–Kier alpha value is -5.21. The Labute approximate surface area is 332 Å². The van der Waals surface area contributed by atoms with Crippen LogP contribution in [0.3, 0.4) is 0 Å². The highest BCUT2D eigenvalue weighted by Crippen LogP contribution is 2.34. The molecule has 0 heterocycles. The van der Waals surface area contributed by atoms with Gasteiger partial charge in [0.1, 0.15) is 22.8 Å². The molecule has 0 bridgehead atoms. The molecule has 0 aliphatic rings. The molecular formula is C46H40Cl2O6S. The van der Waals surface area contributed by atoms with Crippen molar-refractivity contribution in [1.82, 2.24) is 0 Å². The summed E-state index contributed by atoms with van der Waals surface area (Å²) in [6.07, 6.45) is 1.39. The average molecular weight is 792 g/mol. The van der Waals surface area contributed by atoms with Gasteiger partial charge in [0, 0.05) is 27.3 Å². The van der Waals surface area contributed by atoms with Crippen LogP contribution in [-0.4, -0.2) is 20.0 Å². The summed E-state index contributed by atoms with van der Waals surface area (Å²) in [5.74, 6) is 1.23. The zero-order valence-corrected chi connectivity index (χ0v) is 33.2. The minimum absolute atomic E-state index is 0.105. The number of rotatable bonds is 14. The van der Waals surface area contributed by atoms with Gasteiger partial charge in [0.2, 0.25) is 9.84 Å². The largest absolute Gasteiger partial charge is 0.483 e. The first kappa shape index (κ1) is 39.5. The van der Waals surface area contributed by atoms with Gasteiger partial charge in [0.05, 0.1) is 14.7 Å². The monoisotopic (exact) mass is 790 g/mol. The summed E-state index contributed by atoms with van der Waals surface area (Å²) in [6.45, 7) is 7.93. The van der Waals surface area contributed by atoms with Crippen LogP contribution < -0.4 is 9.47 Å². The van der Waals surface area contributed by atoms with Crippen molar-refractivity contribution in [3.8, 4) is 17.2 Å². The molecule has 0 N–H and O–H groups in total. The van der Waals surface area contributed by atoms with Crippen LogP contribution in [0.1, 0.15) is 83.5 Å². The zero-order chi connectivity index (χ0) is 39.4. The molecule has 6 rings (SSSR count). The van der Waals surface area contributed by atoms with Crippen molar-refractivity contribution >= 4 is 44.6 Å². The van der Waals surface area contributed by atoms with Gasteiger partial charge in [-0.1, -0.05) is 74.0 Å². The fourth-order valence-corrected chi connectivity index (χ4v) is 7.51. The lowest BCUT2D eigenvalue weighted by Crippen LogP contribution is -2.28. The molecular weight excluding hydrogens is 751 g/mol. The molecule has 2 atom stereocenters. The molecule has 0 aliphatic carbocycles. The normalized spacial score (nSPS) is 13.6. The van der Waals surface area contributed by atoms with Gasteiger partial charge in [0.15, 0.2) is 11.6 Å². The Bertz CT molecular complexity index is 2390. The lowest BCUT2D eigenvalue weighted by atomic mass is 9.91. The third-order valence-corrected chi connectivity index (χ3v) is 12.4. The number of sulfone groups is 1. The summed E-state index contributed by atoms with van der Waals surface area (Å²) >= 11 is 12.5. The summed E-state index contributed by atoms with van der Waals surface area (Å²) in [5.41, 5.74) is 3.27. The van der Waals surface area contributed by atoms with E-state index in [2.05, 4.69) is 0 Å². The number of ether oxygens (including phenoxy) is 2. The molecule has 2 unspecified atom stereocenters. The van der Waals surface area contributed by atoms with Gasteiger partial charge in [-0.3, -0.25) is 9.59 Å². The maximum Gasteiger partial charge on any atom is 0.206 e. The van der Waals surface area contributed by atoms with Gasteiger partial charge in [-0.15, -0.1) is 11.6 Å². The highest BCUT2D eigenvalue weighted by Gasteiger charge is 2.28. The first-order chi connectivity index (χ1) is 26.2. The molecule has 0 amide bonds. The van der Waals surface area contributed by atoms with E-state index in [9.17, 15) is 18.0 Å². The van der Waals surface area contributed by atoms with Gasteiger partial charge >= 0.3 is 0 Å². The summed E-state index contributed by atoms with van der Waals surface area (Å²) < 4.78 is 39.4. The molecule has 6 aromatic carbocycles. The molecule has 0 spiro atoms. The molecule has 9 heteroatoms. The lowest BCUT2D eigenvalue weighted by Gasteiger charge is -2.30. The highest BCUT2D eigenvalue weighted by molar-refractivity contribution is 7.91. The molecule has 280 valence electrons. The zero-order valence-electron chi connectivity index (χ0n) is 30.9. The van der Waals surface area contributed by atoms with Crippen molar-refractivity contribution in [2.24, 2.45) is 0 Å². The van der Waals surface area contributed by atoms with E-state index < -0.39 is 20.3 Å². The van der Waals surface area contributed by atoms with Crippen LogP contribution >= 0.6 is 23.2 Å². The Morgan fingerprint density at radius 1 is 0.527 bits per heavy atom. The second-order valence-corrected chi connectivity index (χ2v) is 16.9. The maximum absolute atomic E-state index is 13.5. The van der Waals surface area contributed by atoms with Gasteiger partial charge in [0.25, 0.3) is 0 Å². The second kappa shape index (κ2) is 16.3. The Morgan fingerprint density at radius 3 is 1.31 bits per heavy atom. The van der Waals surface area contributed by atoms with Crippen molar-refractivity contribution in [2.75, 3.05) is 0 Å². The molecule has 0 radical (unpaired) electrons. The summed E-state index contributed by atoms with van der Waals surface area (Å²) in [7, 11) is -3.83. The summed E-state index contributed by atoms with van der Waals surface area (Å²) in [6, 6.07) is 40.7. The quantitative estimate of drug-likeness (QED) is 0.0806. The first-order valence-electron chi connectivity index (χ1n) is 17.9. The van der Waals surface area contributed by atoms with Gasteiger partial charge in [-0.2, -0.15) is 0 Å². The van der Waals surface area contributed by atoms with Crippen molar-refractivity contribution in [3.05, 3.63) is 184 Å². The van der Waals surface area contributed by atoms with E-state index in [1.54, 1.807) is 97.1 Å². The lowest BCUT2D eigenvalue weighted by molar-refractivity contribution is 0.0824. The fourth-order valence-electron chi connectivity index (χ4n) is 6.00. The molecule has 55 heavy (non-hydrogen) atoms. The number of carbonyl (C=O) groups excluding carboxylic acids is 2. The van der Waals surface area contributed by atoms with Gasteiger partial charge < -0.3 is 9.47 Å². The molecule has 0 aromatic heterocycles. The average Bonchev–Trinajstić information content (AvgIpc) is 3.21. The number of carbonyl (C=O) groups is 2. The molecule has 0 saturated heterocycles. The number of alkyl halides is 1. The predicted molar refractivity (Wildman–Crippen MR) is 218 cm³/mol. The number of hydrogen-bond donors (Lipinski definition) is 0. The summed E-state index contributed by atoms with van der Waals surface area (Å²) in [4.78, 5) is 25.8. The van der Waals surface area contributed by atoms with Gasteiger partial charge in [-0.05, 0) is 135 Å². The minimum atomic E-state index is -3.83. The highest BCUT2D eigenvalue weighted by atomic mass is 35.5. The molecule has 0 saturated carbocycles. The molecule has 0 fully saturated rings. The van der Waals surface area contributed by atoms with Crippen LogP contribution in [0.25, 0.3) is 0 Å². The first-order valence-corrected chi connectivity index (χ1v) is 20.1. The number of benzene rings is 6. The van der Waals surface area contributed by atoms with E-state index >= 15 is 0 Å². The van der Waals surface area contributed by atoms with Crippen molar-refractivity contribution in [3.63, 3.8) is 0 Å². The third-order valence-electron chi connectivity index (χ3n) is 9.92. The molecule has 6 aromatic rings. The van der Waals surface area contributed by atoms with E-state index in [1.165, 1.54) is 24.3 Å². The van der Waals surface area contributed by atoms with E-state index in [-0.39, 0.29) is 21.4 Å². The molecule has 6 nitrogen and oxygen atoms in total. The Balaban J connectivity index is 1.08. The van der Waals surface area contributed by atoms with Crippen LogP contribution in [-0.2, 0) is 20.3 Å². The van der Waals surface area contributed by atoms with Crippen molar-refractivity contribution in [1.29, 1.82) is 0 Å². The van der Waals surface area contributed by atoms with Crippen LogP contribution in [0.4, 0.5) is 0 Å². The number of ketones is 2. The predicted octanol–water partition coefficient (Wildman–Crippen LogP) is 12.0. The van der Waals surface area contributed by atoms with Crippen LogP contribution in [0.15, 0.2) is 155 Å². The topological polar surface area (TPSA) is 86.7 Å². The van der Waals surface area contributed by atoms with E-state index in [0.717, 1.165) is 17.5 Å². The number of halogens is 2. The SMILES string of the molecule is CCC(C)(Cl)c1ccc(C(=O)c2ccc(Oc3ccc(S(=O)(=O)c4ccc(OC(C)(CC)c5ccc(C(=O)c6ccc(Cl)cc6)cc5)cc4)cc3)cc2)cc1. The Kier molecular flexibility index (Phi) is 11.7. The van der Waals surface area contributed by atoms with Crippen molar-refractivity contribution in [2.45, 2.75) is 60.8 Å². The van der Waals surface area contributed by atoms with Crippen molar-refractivity contribution < 1.29 is 27.5 Å². The summed E-state index contributed by atoms with van der Waals surface area (Å²) in [5, 5.41) is 0.565. The maximum atomic E-state index is 13.5. The van der Waals surface area contributed by atoms with E-state index in [4.69, 9.17) is 32.7 Å². The van der Waals surface area contributed by atoms with Crippen LogP contribution in [0.5, 0.6) is 17.2 Å². The smallest absolute Gasteiger partial charge is 0.206 e. The van der Waals surface area contributed by atoms with E-state index in [0.29, 0.717) is 50.9 Å². The van der Waals surface area contributed by atoms with Crippen LogP contribution in [0.2, 0.25) is 5.02 Å². The minimum Gasteiger partial charge on any atom is -0.483 e.